The number of aromatic nitrogens is 5. The van der Waals surface area contributed by atoms with Gasteiger partial charge in [-0.3, -0.25) is 0 Å². The summed E-state index contributed by atoms with van der Waals surface area (Å²) < 4.78 is 11.4. The van der Waals surface area contributed by atoms with E-state index in [0.717, 1.165) is 75.8 Å². The Morgan fingerprint density at radius 3 is 1.68 bits per heavy atom. The Morgan fingerprint density at radius 2 is 0.912 bits per heavy atom. The summed E-state index contributed by atoms with van der Waals surface area (Å²) in [6.07, 6.45) is 0. The van der Waals surface area contributed by atoms with Crippen molar-refractivity contribution in [3.8, 4) is 56.8 Å². The molecular weight excluding hydrogens is 739 g/mol. The first kappa shape index (κ1) is 32.1. The molecule has 0 unspecified atom stereocenters. The van der Waals surface area contributed by atoms with Gasteiger partial charge in [-0.05, 0) is 30.3 Å². The normalized spacial score (nSPS) is 11.9. The fourth-order valence-corrected chi connectivity index (χ4v) is 10.3. The molecule has 0 aliphatic rings. The van der Waals surface area contributed by atoms with Crippen molar-refractivity contribution < 1.29 is 4.42 Å². The summed E-state index contributed by atoms with van der Waals surface area (Å²) >= 11 is 3.48. The highest BCUT2D eigenvalue weighted by atomic mass is 32.1. The standard InChI is InChI=1S/C49H27N5OS2/c1-3-14-28(15-4-1)46-50-41-32-19-8-10-27-39(32)57-45(41)42(51-46)35-23-12-21-33-40-34(22-13-25-37(40)55-43(33)35)48-52-47(29-16-5-2-6-17-29)53-49(54-48)36-24-11-20-31-30-18-7-9-26-38(30)56-44(31)36/h1-27H. The average Bonchev–Trinajstić information content (AvgIpc) is 3.98. The summed E-state index contributed by atoms with van der Waals surface area (Å²) in [5, 5.41) is 5.44. The van der Waals surface area contributed by atoms with E-state index in [4.69, 9.17) is 29.3 Å². The number of furan rings is 1. The van der Waals surface area contributed by atoms with E-state index >= 15 is 0 Å². The third-order valence-corrected chi connectivity index (χ3v) is 13.0. The Balaban J connectivity index is 1.11. The molecule has 57 heavy (non-hydrogen) atoms. The Kier molecular flexibility index (Phi) is 7.17. The molecule has 0 bridgehead atoms. The largest absolute Gasteiger partial charge is 0.455 e. The van der Waals surface area contributed by atoms with Crippen molar-refractivity contribution >= 4 is 85.1 Å². The summed E-state index contributed by atoms with van der Waals surface area (Å²) in [6, 6.07) is 56.1. The molecule has 0 saturated heterocycles. The Labute approximate surface area is 333 Å². The van der Waals surface area contributed by atoms with Gasteiger partial charge in [0.15, 0.2) is 23.3 Å². The van der Waals surface area contributed by atoms with Gasteiger partial charge in [0, 0.05) is 68.8 Å². The molecule has 8 heteroatoms. The molecule has 0 saturated carbocycles. The number of rotatable bonds is 5. The van der Waals surface area contributed by atoms with Crippen LogP contribution in [0, 0.1) is 0 Å². The van der Waals surface area contributed by atoms with Gasteiger partial charge in [0.25, 0.3) is 0 Å². The third-order valence-electron chi connectivity index (χ3n) is 10.6. The van der Waals surface area contributed by atoms with Crippen LogP contribution in [0.15, 0.2) is 168 Å². The molecule has 5 aromatic heterocycles. The number of thiophene rings is 2. The molecule has 0 aliphatic heterocycles. The molecule has 5 heterocycles. The van der Waals surface area contributed by atoms with Crippen molar-refractivity contribution in [1.82, 2.24) is 24.9 Å². The average molecular weight is 766 g/mol. The van der Waals surface area contributed by atoms with Gasteiger partial charge in [-0.1, -0.05) is 133 Å². The van der Waals surface area contributed by atoms with Crippen LogP contribution >= 0.6 is 22.7 Å². The van der Waals surface area contributed by atoms with Crippen LogP contribution in [-0.4, -0.2) is 24.9 Å². The molecule has 0 spiro atoms. The number of para-hydroxylation sites is 1. The zero-order valence-corrected chi connectivity index (χ0v) is 31.7. The van der Waals surface area contributed by atoms with Gasteiger partial charge < -0.3 is 4.42 Å². The maximum atomic E-state index is 6.86. The lowest BCUT2D eigenvalue weighted by atomic mass is 10.0. The maximum absolute atomic E-state index is 6.86. The van der Waals surface area contributed by atoms with E-state index in [1.165, 1.54) is 20.2 Å². The summed E-state index contributed by atoms with van der Waals surface area (Å²) in [4.78, 5) is 26.0. The van der Waals surface area contributed by atoms with Crippen LogP contribution in [0.25, 0.3) is 119 Å². The number of benzene rings is 7. The van der Waals surface area contributed by atoms with E-state index in [2.05, 4.69) is 103 Å². The van der Waals surface area contributed by atoms with Gasteiger partial charge in [0.1, 0.15) is 11.2 Å². The van der Waals surface area contributed by atoms with Crippen molar-refractivity contribution in [2.45, 2.75) is 0 Å². The van der Waals surface area contributed by atoms with Gasteiger partial charge >= 0.3 is 0 Å². The topological polar surface area (TPSA) is 77.6 Å². The van der Waals surface area contributed by atoms with Crippen molar-refractivity contribution in [1.29, 1.82) is 0 Å². The van der Waals surface area contributed by atoms with Crippen LogP contribution in [0.3, 0.4) is 0 Å². The molecule has 12 aromatic rings. The fourth-order valence-electron chi connectivity index (χ4n) is 7.97. The van der Waals surface area contributed by atoms with E-state index < -0.39 is 0 Å². The first-order valence-electron chi connectivity index (χ1n) is 18.7. The monoisotopic (exact) mass is 765 g/mol. The lowest BCUT2D eigenvalue weighted by molar-refractivity contribution is 0.670. The zero-order valence-electron chi connectivity index (χ0n) is 30.0. The predicted molar refractivity (Wildman–Crippen MR) is 236 cm³/mol. The molecule has 7 aromatic carbocycles. The maximum Gasteiger partial charge on any atom is 0.165 e. The van der Waals surface area contributed by atoms with E-state index in [-0.39, 0.29) is 0 Å². The van der Waals surface area contributed by atoms with Crippen LogP contribution in [0.4, 0.5) is 0 Å². The number of nitrogens with zero attached hydrogens (tertiary/aromatic N) is 5. The van der Waals surface area contributed by atoms with Crippen LogP contribution < -0.4 is 0 Å². The van der Waals surface area contributed by atoms with Crippen molar-refractivity contribution in [3.63, 3.8) is 0 Å². The van der Waals surface area contributed by atoms with Gasteiger partial charge in [-0.2, -0.15) is 0 Å². The molecule has 12 rings (SSSR count). The molecule has 0 aliphatic carbocycles. The number of fused-ring (bicyclic) bond motifs is 9. The lowest BCUT2D eigenvalue weighted by Gasteiger charge is -2.10. The van der Waals surface area contributed by atoms with Crippen molar-refractivity contribution in [3.05, 3.63) is 164 Å². The van der Waals surface area contributed by atoms with Gasteiger partial charge in [-0.25, -0.2) is 24.9 Å². The second kappa shape index (κ2) is 12.7. The van der Waals surface area contributed by atoms with E-state index in [9.17, 15) is 0 Å². The predicted octanol–water partition coefficient (Wildman–Crippen LogP) is 13.6. The van der Waals surface area contributed by atoms with Crippen LogP contribution in [-0.2, 0) is 0 Å². The minimum absolute atomic E-state index is 0.580. The molecule has 0 radical (unpaired) electrons. The summed E-state index contributed by atoms with van der Waals surface area (Å²) in [5.74, 6) is 2.50. The van der Waals surface area contributed by atoms with Gasteiger partial charge in [0.05, 0.1) is 15.9 Å². The van der Waals surface area contributed by atoms with Gasteiger partial charge in [0.2, 0.25) is 0 Å². The molecule has 0 atom stereocenters. The highest BCUT2D eigenvalue weighted by molar-refractivity contribution is 7.26. The van der Waals surface area contributed by atoms with Crippen LogP contribution in [0.1, 0.15) is 0 Å². The minimum Gasteiger partial charge on any atom is -0.455 e. The van der Waals surface area contributed by atoms with E-state index in [0.29, 0.717) is 23.3 Å². The second-order valence-electron chi connectivity index (χ2n) is 14.0. The molecule has 0 fully saturated rings. The Hall–Kier alpha value is -7.13. The smallest absolute Gasteiger partial charge is 0.165 e. The van der Waals surface area contributed by atoms with Crippen molar-refractivity contribution in [2.24, 2.45) is 0 Å². The van der Waals surface area contributed by atoms with E-state index in [1.54, 1.807) is 22.7 Å². The first-order valence-corrected chi connectivity index (χ1v) is 20.3. The molecule has 0 N–H and O–H groups in total. The quantitative estimate of drug-likeness (QED) is 0.174. The molecule has 0 amide bonds. The SMILES string of the molecule is c1ccc(-c2nc(-c3cccc4c3sc3ccccc34)nc(-c3cccc4oc5c(-c6nc(-c7ccccc7)nc7c6sc6ccccc67)cccc5c34)n2)cc1. The zero-order chi connectivity index (χ0) is 37.5. The number of hydrogen-bond acceptors (Lipinski definition) is 8. The highest BCUT2D eigenvalue weighted by Gasteiger charge is 2.23. The molecular formula is C49H27N5OS2. The second-order valence-corrected chi connectivity index (χ2v) is 16.1. The summed E-state index contributed by atoms with van der Waals surface area (Å²) in [5.41, 5.74) is 7.91. The van der Waals surface area contributed by atoms with Crippen LogP contribution in [0.5, 0.6) is 0 Å². The number of hydrogen-bond donors (Lipinski definition) is 0. The highest BCUT2D eigenvalue weighted by Crippen LogP contribution is 2.45. The molecule has 266 valence electrons. The Bertz CT molecular complexity index is 3540. The molecule has 6 nitrogen and oxygen atoms in total. The van der Waals surface area contributed by atoms with Crippen molar-refractivity contribution in [2.75, 3.05) is 0 Å². The fraction of sp³-hybridized carbons (Fsp3) is 0. The Morgan fingerprint density at radius 1 is 0.368 bits per heavy atom. The summed E-state index contributed by atoms with van der Waals surface area (Å²) in [6.45, 7) is 0. The third kappa shape index (κ3) is 5.12. The summed E-state index contributed by atoms with van der Waals surface area (Å²) in [7, 11) is 0. The van der Waals surface area contributed by atoms with E-state index in [1.807, 2.05) is 60.7 Å². The van der Waals surface area contributed by atoms with Gasteiger partial charge in [-0.15, -0.1) is 22.7 Å². The first-order chi connectivity index (χ1) is 28.2. The minimum atomic E-state index is 0.580. The lowest BCUT2D eigenvalue weighted by Crippen LogP contribution is -2.00. The van der Waals surface area contributed by atoms with Crippen LogP contribution in [0.2, 0.25) is 0 Å².